The predicted molar refractivity (Wildman–Crippen MR) is 82.8 cm³/mol. The molecule has 0 aromatic heterocycles. The summed E-state index contributed by atoms with van der Waals surface area (Å²) in [6.07, 6.45) is 0.841. The fourth-order valence-corrected chi connectivity index (χ4v) is 1.93. The van der Waals surface area contributed by atoms with Gasteiger partial charge in [0.25, 0.3) is 0 Å². The van der Waals surface area contributed by atoms with Crippen LogP contribution in [0.4, 0.5) is 27.6 Å². The third-order valence-corrected chi connectivity index (χ3v) is 2.99. The van der Waals surface area contributed by atoms with Gasteiger partial charge >= 0.3 is 35.6 Å². The van der Waals surface area contributed by atoms with Gasteiger partial charge in [0.05, 0.1) is 0 Å². The third-order valence-electron chi connectivity index (χ3n) is 2.99. The number of phenolic OH excluding ortho intramolecular Hbond substituents is 1. The Kier molecular flexibility index (Phi) is 8.34. The molecule has 2 nitrogen and oxygen atoms in total. The number of rotatable bonds is 2. The van der Waals surface area contributed by atoms with Crippen LogP contribution in [0.15, 0.2) is 17.1 Å². The monoisotopic (exact) mass is 433 g/mol. The van der Waals surface area contributed by atoms with Gasteiger partial charge in [0.2, 0.25) is 5.82 Å². The molecule has 1 N–H and O–H groups in total. The molecule has 0 bridgehead atoms. The molecule has 2 rings (SSSR count). The van der Waals surface area contributed by atoms with Crippen molar-refractivity contribution < 1.29 is 44.1 Å². The molecule has 0 unspecified atom stereocenters. The van der Waals surface area contributed by atoms with Crippen LogP contribution in [0, 0.1) is 42.9 Å². The molecule has 2 aromatic carbocycles. The van der Waals surface area contributed by atoms with Crippen molar-refractivity contribution in [2.45, 2.75) is 13.8 Å². The molecule has 0 fully saturated rings. The van der Waals surface area contributed by atoms with Crippen LogP contribution in [-0.4, -0.2) is 11.3 Å². The van der Waals surface area contributed by atoms with E-state index >= 15 is 0 Å². The van der Waals surface area contributed by atoms with E-state index in [2.05, 4.69) is 4.99 Å². The van der Waals surface area contributed by atoms with E-state index < -0.39 is 51.8 Å². The van der Waals surface area contributed by atoms with E-state index in [0.29, 0.717) is 5.56 Å². The average molecular weight is 434 g/mol. The van der Waals surface area contributed by atoms with Crippen LogP contribution >= 0.6 is 18.6 Å². The second kappa shape index (κ2) is 9.52. The normalized spacial score (nSPS) is 10.6. The number of hydrogen-bond acceptors (Lipinski definition) is 2. The Balaban J connectivity index is 0.000000970. The summed E-state index contributed by atoms with van der Waals surface area (Å²) in [5, 5.41) is 9.81. The summed E-state index contributed by atoms with van der Waals surface area (Å²) < 4.78 is 65.9. The Bertz CT molecular complexity index is 788. The van der Waals surface area contributed by atoms with E-state index in [9.17, 15) is 27.1 Å². The first-order chi connectivity index (χ1) is 11.6. The Morgan fingerprint density at radius 1 is 0.920 bits per heavy atom. The number of nitrogens with zero attached hydrogens (tertiary/aromatic N) is 1. The Morgan fingerprint density at radius 3 is 1.84 bits per heavy atom. The van der Waals surface area contributed by atoms with Crippen LogP contribution in [0.3, 0.4) is 0 Å². The molecular formula is C15H10Cl2F5NOTi. The first-order valence-electron chi connectivity index (χ1n) is 6.47. The zero-order chi connectivity index (χ0) is 19.3. The number of aliphatic imine (C=N–C) groups is 1. The van der Waals surface area contributed by atoms with Gasteiger partial charge < -0.3 is 5.11 Å². The Morgan fingerprint density at radius 2 is 1.36 bits per heavy atom. The first kappa shape index (κ1) is 21.9. The van der Waals surface area contributed by atoms with Gasteiger partial charge in [0.15, 0.2) is 23.3 Å². The summed E-state index contributed by atoms with van der Waals surface area (Å²) in [6, 6.07) is 3.11. The van der Waals surface area contributed by atoms with Gasteiger partial charge in [-0.15, -0.1) is 0 Å². The van der Waals surface area contributed by atoms with Gasteiger partial charge in [-0.05, 0) is 31.0 Å². The number of benzene rings is 2. The van der Waals surface area contributed by atoms with E-state index in [1.54, 1.807) is 19.9 Å². The van der Waals surface area contributed by atoms with Gasteiger partial charge in [-0.25, -0.2) is 26.9 Å². The minimum atomic E-state index is -2.25. The van der Waals surface area contributed by atoms with Crippen molar-refractivity contribution >= 4 is 30.5 Å². The topological polar surface area (TPSA) is 32.6 Å². The molecule has 0 amide bonds. The third kappa shape index (κ3) is 5.17. The summed E-state index contributed by atoms with van der Waals surface area (Å²) in [5.41, 5.74) is 0.00410. The molecule has 0 aliphatic rings. The summed E-state index contributed by atoms with van der Waals surface area (Å²) in [4.78, 5) is 3.30. The van der Waals surface area contributed by atoms with Gasteiger partial charge in [-0.3, -0.25) is 0 Å². The molecule has 0 saturated carbocycles. The van der Waals surface area contributed by atoms with Crippen LogP contribution < -0.4 is 0 Å². The fourth-order valence-electron chi connectivity index (χ4n) is 1.93. The van der Waals surface area contributed by atoms with E-state index in [1.807, 2.05) is 0 Å². The molecule has 0 aliphatic carbocycles. The average Bonchev–Trinajstić information content (AvgIpc) is 2.56. The predicted octanol–water partition coefficient (Wildman–Crippen LogP) is 5.83. The molecule has 0 aliphatic heterocycles. The standard InChI is InChI=1S/C15H10F5NO.2ClH.Ti/c1-6-3-7(2)15(22)8(4-6)5-21-14-12(19)10(17)9(16)11(18)13(14)20;;;/h3-5,22H,1-2H3;2*1H;/q;;;+2/p-2. The van der Waals surface area contributed by atoms with E-state index in [4.69, 9.17) is 18.6 Å². The van der Waals surface area contributed by atoms with Gasteiger partial charge in [0.1, 0.15) is 11.4 Å². The van der Waals surface area contributed by atoms with Crippen LogP contribution in [-0.2, 0) is 17.0 Å². The van der Waals surface area contributed by atoms with E-state index in [-0.39, 0.29) is 11.3 Å². The van der Waals surface area contributed by atoms with E-state index in [1.165, 1.54) is 6.07 Å². The second-order valence-electron chi connectivity index (χ2n) is 4.77. The fraction of sp³-hybridized carbons (Fsp3) is 0.133. The maximum atomic E-state index is 13.5. The summed E-state index contributed by atoms with van der Waals surface area (Å²) >= 11 is -0.556. The van der Waals surface area contributed by atoms with Crippen LogP contribution in [0.1, 0.15) is 16.7 Å². The number of aryl methyl sites for hydroxylation is 2. The van der Waals surface area contributed by atoms with Gasteiger partial charge in [0, 0.05) is 11.8 Å². The Labute approximate surface area is 157 Å². The first-order valence-corrected chi connectivity index (χ1v) is 10.8. The molecule has 10 heteroatoms. The van der Waals surface area contributed by atoms with Gasteiger partial charge in [-0.1, -0.05) is 6.07 Å². The van der Waals surface area contributed by atoms with Crippen molar-refractivity contribution in [2.24, 2.45) is 4.99 Å². The van der Waals surface area contributed by atoms with Crippen molar-refractivity contribution in [3.8, 4) is 5.75 Å². The quantitative estimate of drug-likeness (QED) is 0.209. The summed E-state index contributed by atoms with van der Waals surface area (Å²) in [7, 11) is 9.78. The molecule has 0 saturated heterocycles. The molecule has 2 aromatic rings. The van der Waals surface area contributed by atoms with Gasteiger partial charge in [-0.2, -0.15) is 0 Å². The summed E-state index contributed by atoms with van der Waals surface area (Å²) in [6.45, 7) is 3.31. The zero-order valence-corrected chi connectivity index (χ0v) is 15.8. The second-order valence-corrected chi connectivity index (χ2v) is 7.35. The van der Waals surface area contributed by atoms with Crippen LogP contribution in [0.5, 0.6) is 5.75 Å². The molecule has 0 radical (unpaired) electrons. The molecule has 134 valence electrons. The molecule has 0 spiro atoms. The van der Waals surface area contributed by atoms with Crippen LogP contribution in [0.2, 0.25) is 0 Å². The van der Waals surface area contributed by atoms with Crippen molar-refractivity contribution in [3.05, 3.63) is 57.9 Å². The number of phenols is 1. The Hall–Kier alpha value is -1.15. The summed E-state index contributed by atoms with van der Waals surface area (Å²) in [5.74, 6) is -10.7. The minimum absolute atomic E-state index is 0.0986. The van der Waals surface area contributed by atoms with Crippen molar-refractivity contribution in [1.82, 2.24) is 0 Å². The van der Waals surface area contributed by atoms with Crippen molar-refractivity contribution in [2.75, 3.05) is 0 Å². The number of hydrogen-bond donors (Lipinski definition) is 1. The van der Waals surface area contributed by atoms with Crippen molar-refractivity contribution in [1.29, 1.82) is 0 Å². The number of halogens is 7. The molecule has 0 heterocycles. The van der Waals surface area contributed by atoms with Crippen LogP contribution in [0.25, 0.3) is 0 Å². The molecule has 25 heavy (non-hydrogen) atoms. The number of aromatic hydroxyl groups is 1. The molecular weight excluding hydrogens is 424 g/mol. The SMILES string of the molecule is Cc1cc(C)c(O)c(C=Nc2c(F)c(F)c(F)c(F)c2F)c1.[Cl][Ti][Cl]. The van der Waals surface area contributed by atoms with Crippen molar-refractivity contribution in [3.63, 3.8) is 0 Å². The zero-order valence-electron chi connectivity index (χ0n) is 12.8. The molecule has 0 atom stereocenters. The van der Waals surface area contributed by atoms with E-state index in [0.717, 1.165) is 11.8 Å². The maximum absolute atomic E-state index is 13.5.